The molecule has 6 nitrogen and oxygen atoms in total. The van der Waals surface area contributed by atoms with Crippen LogP contribution in [0.1, 0.15) is 5.56 Å². The Morgan fingerprint density at radius 1 is 1.37 bits per heavy atom. The highest BCUT2D eigenvalue weighted by Crippen LogP contribution is 2.13. The van der Waals surface area contributed by atoms with Crippen LogP contribution < -0.4 is 5.32 Å². The summed E-state index contributed by atoms with van der Waals surface area (Å²) in [7, 11) is -3.80. The first kappa shape index (κ1) is 14.0. The van der Waals surface area contributed by atoms with Crippen molar-refractivity contribution in [1.82, 2.24) is 5.32 Å². The second kappa shape index (κ2) is 5.68. The van der Waals surface area contributed by atoms with Crippen molar-refractivity contribution in [3.05, 3.63) is 29.8 Å². The summed E-state index contributed by atoms with van der Waals surface area (Å²) in [4.78, 5) is 11.2. The minimum absolute atomic E-state index is 0.00120. The molecule has 0 aromatic heterocycles. The predicted octanol–water partition coefficient (Wildman–Crippen LogP) is 0.215. The zero-order valence-electron chi connectivity index (χ0n) is 10.5. The number of aryl methyl sites for hydroxylation is 1. The third-order valence-corrected chi connectivity index (χ3v) is 3.95. The topological polar surface area (TPSA) is 81.7 Å². The quantitative estimate of drug-likeness (QED) is 0.800. The normalized spacial score (nSPS) is 20.1. The van der Waals surface area contributed by atoms with Gasteiger partial charge >= 0.3 is 0 Å². The van der Waals surface area contributed by atoms with Gasteiger partial charge in [0.25, 0.3) is 10.1 Å². The fourth-order valence-corrected chi connectivity index (χ4v) is 2.59. The van der Waals surface area contributed by atoms with E-state index in [1.165, 1.54) is 12.1 Å². The third kappa shape index (κ3) is 3.76. The van der Waals surface area contributed by atoms with Gasteiger partial charge in [0.2, 0.25) is 5.91 Å². The molecular formula is C12H15NO5S. The number of hydrogen-bond donors (Lipinski definition) is 1. The van der Waals surface area contributed by atoms with Crippen molar-refractivity contribution in [3.63, 3.8) is 0 Å². The van der Waals surface area contributed by atoms with Gasteiger partial charge in [-0.15, -0.1) is 0 Å². The SMILES string of the molecule is Cc1ccc(S(=O)(=O)OC[C@H]2COCC(=O)N2)cc1. The van der Waals surface area contributed by atoms with Crippen molar-refractivity contribution in [1.29, 1.82) is 0 Å². The molecule has 0 radical (unpaired) electrons. The van der Waals surface area contributed by atoms with Crippen LogP contribution in [0.4, 0.5) is 0 Å². The molecule has 1 aromatic carbocycles. The van der Waals surface area contributed by atoms with Crippen molar-refractivity contribution in [2.24, 2.45) is 0 Å². The van der Waals surface area contributed by atoms with Gasteiger partial charge in [0.15, 0.2) is 0 Å². The van der Waals surface area contributed by atoms with Crippen LogP contribution in [0, 0.1) is 6.92 Å². The number of amides is 1. The zero-order chi connectivity index (χ0) is 13.9. The lowest BCUT2D eigenvalue weighted by Crippen LogP contribution is -2.48. The Morgan fingerprint density at radius 3 is 2.68 bits per heavy atom. The second-order valence-electron chi connectivity index (χ2n) is 4.33. The van der Waals surface area contributed by atoms with Crippen LogP contribution >= 0.6 is 0 Å². The molecule has 1 fully saturated rings. The van der Waals surface area contributed by atoms with Crippen LogP contribution in [0.2, 0.25) is 0 Å². The lowest BCUT2D eigenvalue weighted by Gasteiger charge is -2.22. The molecule has 1 amide bonds. The van der Waals surface area contributed by atoms with Crippen molar-refractivity contribution < 1.29 is 22.1 Å². The van der Waals surface area contributed by atoms with E-state index in [0.29, 0.717) is 0 Å². The number of rotatable bonds is 4. The Balaban J connectivity index is 1.97. The number of benzene rings is 1. The summed E-state index contributed by atoms with van der Waals surface area (Å²) in [5.74, 6) is -0.271. The molecule has 0 saturated carbocycles. The zero-order valence-corrected chi connectivity index (χ0v) is 11.3. The Morgan fingerprint density at radius 2 is 2.05 bits per heavy atom. The standard InChI is InChI=1S/C12H15NO5S/c1-9-2-4-11(5-3-9)19(15,16)18-7-10-6-17-8-12(14)13-10/h2-5,10H,6-8H2,1H3,(H,13,14)/t10-/m1/s1. The van der Waals surface area contributed by atoms with E-state index in [2.05, 4.69) is 5.32 Å². The van der Waals surface area contributed by atoms with Gasteiger partial charge < -0.3 is 10.1 Å². The summed E-state index contributed by atoms with van der Waals surface area (Å²) < 4.78 is 33.7. The average molecular weight is 285 g/mol. The maximum Gasteiger partial charge on any atom is 0.297 e. The summed E-state index contributed by atoms with van der Waals surface area (Å²) in [5.41, 5.74) is 0.965. The smallest absolute Gasteiger partial charge is 0.297 e. The van der Waals surface area contributed by atoms with Crippen LogP contribution in [-0.2, 0) is 23.8 Å². The van der Waals surface area contributed by atoms with E-state index >= 15 is 0 Å². The number of hydrogen-bond acceptors (Lipinski definition) is 5. The molecule has 1 saturated heterocycles. The molecule has 1 atom stereocenters. The molecular weight excluding hydrogens is 270 g/mol. The van der Waals surface area contributed by atoms with Gasteiger partial charge in [0, 0.05) is 0 Å². The average Bonchev–Trinajstić information content (AvgIpc) is 2.37. The van der Waals surface area contributed by atoms with E-state index < -0.39 is 16.2 Å². The molecule has 0 bridgehead atoms. The lowest BCUT2D eigenvalue weighted by atomic mass is 10.2. The highest BCUT2D eigenvalue weighted by molar-refractivity contribution is 7.86. The van der Waals surface area contributed by atoms with Gasteiger partial charge in [-0.05, 0) is 19.1 Å². The molecule has 104 valence electrons. The number of carbonyl (C=O) groups is 1. The van der Waals surface area contributed by atoms with Crippen LogP contribution in [-0.4, -0.2) is 40.2 Å². The third-order valence-electron chi connectivity index (χ3n) is 2.65. The Labute approximate surface area is 111 Å². The Kier molecular flexibility index (Phi) is 4.18. The van der Waals surface area contributed by atoms with Crippen molar-refractivity contribution >= 4 is 16.0 Å². The van der Waals surface area contributed by atoms with Crippen molar-refractivity contribution in [2.75, 3.05) is 19.8 Å². The van der Waals surface area contributed by atoms with Crippen molar-refractivity contribution in [2.45, 2.75) is 17.9 Å². The van der Waals surface area contributed by atoms with E-state index in [1.54, 1.807) is 12.1 Å². The van der Waals surface area contributed by atoms with Gasteiger partial charge in [0.05, 0.1) is 24.2 Å². The van der Waals surface area contributed by atoms with Crippen LogP contribution in [0.5, 0.6) is 0 Å². The molecule has 1 heterocycles. The molecule has 7 heteroatoms. The predicted molar refractivity (Wildman–Crippen MR) is 67.1 cm³/mol. The fourth-order valence-electron chi connectivity index (χ4n) is 1.64. The molecule has 2 rings (SSSR count). The Bertz CT molecular complexity index is 552. The largest absolute Gasteiger partial charge is 0.369 e. The first-order valence-corrected chi connectivity index (χ1v) is 7.21. The summed E-state index contributed by atoms with van der Waals surface area (Å²) >= 11 is 0. The number of ether oxygens (including phenoxy) is 1. The minimum atomic E-state index is -3.80. The van der Waals surface area contributed by atoms with Gasteiger partial charge in [-0.3, -0.25) is 8.98 Å². The summed E-state index contributed by atoms with van der Waals surface area (Å²) in [6.45, 7) is 1.98. The molecule has 1 N–H and O–H groups in total. The molecule has 1 aliphatic heterocycles. The molecule has 1 aromatic rings. The van der Waals surface area contributed by atoms with E-state index in [9.17, 15) is 13.2 Å². The van der Waals surface area contributed by atoms with E-state index in [4.69, 9.17) is 8.92 Å². The van der Waals surface area contributed by atoms with E-state index in [1.807, 2.05) is 6.92 Å². The second-order valence-corrected chi connectivity index (χ2v) is 5.95. The monoisotopic (exact) mass is 285 g/mol. The van der Waals surface area contributed by atoms with Crippen LogP contribution in [0.15, 0.2) is 29.2 Å². The van der Waals surface area contributed by atoms with E-state index in [0.717, 1.165) is 5.56 Å². The summed E-state index contributed by atoms with van der Waals surface area (Å²) in [6, 6.07) is 5.92. The van der Waals surface area contributed by atoms with Gasteiger partial charge in [-0.25, -0.2) is 0 Å². The maximum atomic E-state index is 11.9. The Hall–Kier alpha value is -1.44. The first-order chi connectivity index (χ1) is 8.97. The molecule has 19 heavy (non-hydrogen) atoms. The number of nitrogens with one attached hydrogen (secondary N) is 1. The summed E-state index contributed by atoms with van der Waals surface area (Å²) in [5, 5.41) is 2.60. The minimum Gasteiger partial charge on any atom is -0.369 e. The highest BCUT2D eigenvalue weighted by atomic mass is 32.2. The maximum absolute atomic E-state index is 11.9. The van der Waals surface area contributed by atoms with Gasteiger partial charge in [0.1, 0.15) is 6.61 Å². The molecule has 1 aliphatic rings. The summed E-state index contributed by atoms with van der Waals surface area (Å²) in [6.07, 6.45) is 0. The van der Waals surface area contributed by atoms with Crippen LogP contribution in [0.3, 0.4) is 0 Å². The molecule has 0 aliphatic carbocycles. The lowest BCUT2D eigenvalue weighted by molar-refractivity contribution is -0.131. The number of carbonyl (C=O) groups excluding carboxylic acids is 1. The molecule has 0 spiro atoms. The van der Waals surface area contributed by atoms with Gasteiger partial charge in [-0.1, -0.05) is 17.7 Å². The number of morpholine rings is 1. The van der Waals surface area contributed by atoms with Gasteiger partial charge in [-0.2, -0.15) is 8.42 Å². The van der Waals surface area contributed by atoms with Crippen molar-refractivity contribution in [3.8, 4) is 0 Å². The van der Waals surface area contributed by atoms with Crippen LogP contribution in [0.25, 0.3) is 0 Å². The van der Waals surface area contributed by atoms with E-state index in [-0.39, 0.29) is 30.6 Å². The first-order valence-electron chi connectivity index (χ1n) is 5.80. The fraction of sp³-hybridized carbons (Fsp3) is 0.417. The molecule has 0 unspecified atom stereocenters. The highest BCUT2D eigenvalue weighted by Gasteiger charge is 2.22.